The molecule has 2 aromatic heterocycles. The van der Waals surface area contributed by atoms with Crippen molar-refractivity contribution < 1.29 is 4.74 Å². The maximum Gasteiger partial charge on any atom is 0.146 e. The van der Waals surface area contributed by atoms with Gasteiger partial charge in [0.1, 0.15) is 24.1 Å². The molecule has 7 nitrogen and oxygen atoms in total. The van der Waals surface area contributed by atoms with Crippen LogP contribution in [0.5, 0.6) is 0 Å². The fraction of sp³-hybridized carbons (Fsp3) is 0.421. The number of para-hydroxylation sites is 1. The van der Waals surface area contributed by atoms with Crippen LogP contribution < -0.4 is 5.32 Å². The van der Waals surface area contributed by atoms with E-state index in [2.05, 4.69) is 25.0 Å². The van der Waals surface area contributed by atoms with Gasteiger partial charge < -0.3 is 14.6 Å². The Morgan fingerprint density at radius 2 is 2.12 bits per heavy atom. The second-order valence-corrected chi connectivity index (χ2v) is 6.64. The first kappa shape index (κ1) is 16.9. The minimum atomic E-state index is 0.0447. The molecule has 0 saturated carbocycles. The Balaban J connectivity index is 1.40. The van der Waals surface area contributed by atoms with E-state index < -0.39 is 0 Å². The van der Waals surface area contributed by atoms with Gasteiger partial charge in [0, 0.05) is 38.5 Å². The second-order valence-electron chi connectivity index (χ2n) is 6.64. The fourth-order valence-electron chi connectivity index (χ4n) is 3.53. The van der Waals surface area contributed by atoms with Crippen LogP contribution in [0, 0.1) is 5.92 Å². The molecule has 0 amide bonds. The Labute approximate surface area is 153 Å². The van der Waals surface area contributed by atoms with E-state index in [9.17, 15) is 0 Å². The van der Waals surface area contributed by atoms with Crippen molar-refractivity contribution in [1.29, 1.82) is 0 Å². The zero-order chi connectivity index (χ0) is 17.8. The van der Waals surface area contributed by atoms with E-state index >= 15 is 0 Å². The molecule has 4 rings (SSSR count). The number of nitrogens with zero attached hydrogens (tertiary/aromatic N) is 5. The van der Waals surface area contributed by atoms with Crippen molar-refractivity contribution in [3.8, 4) is 5.69 Å². The Hall–Kier alpha value is -2.51. The van der Waals surface area contributed by atoms with Crippen molar-refractivity contribution >= 4 is 0 Å². The molecule has 3 heterocycles. The number of ether oxygens (including phenoxy) is 1. The minimum Gasteiger partial charge on any atom is -0.370 e. The third-order valence-corrected chi connectivity index (χ3v) is 4.87. The predicted molar refractivity (Wildman–Crippen MR) is 97.7 cm³/mol. The summed E-state index contributed by atoms with van der Waals surface area (Å²) in [7, 11) is 2.02. The number of hydrogen-bond acceptors (Lipinski definition) is 5. The zero-order valence-corrected chi connectivity index (χ0v) is 15.0. The van der Waals surface area contributed by atoms with E-state index in [1.165, 1.54) is 0 Å². The SMILES string of the molecule is Cn1ccnc1[C@@H]1OCCC[C@H]1CNCc1ncnn1-c1ccccc1. The number of benzene rings is 1. The molecule has 0 spiro atoms. The number of rotatable bonds is 6. The van der Waals surface area contributed by atoms with E-state index in [1.54, 1.807) is 6.33 Å². The summed E-state index contributed by atoms with van der Waals surface area (Å²) < 4.78 is 9.97. The Morgan fingerprint density at radius 1 is 1.23 bits per heavy atom. The number of imidazole rings is 1. The van der Waals surface area contributed by atoms with Crippen molar-refractivity contribution in [1.82, 2.24) is 29.6 Å². The average Bonchev–Trinajstić information content (AvgIpc) is 3.32. The van der Waals surface area contributed by atoms with Crippen LogP contribution in [0.15, 0.2) is 49.1 Å². The highest BCUT2D eigenvalue weighted by Crippen LogP contribution is 2.32. The predicted octanol–water partition coefficient (Wildman–Crippen LogP) is 2.26. The van der Waals surface area contributed by atoms with Crippen LogP contribution >= 0.6 is 0 Å². The van der Waals surface area contributed by atoms with Gasteiger partial charge in [0.2, 0.25) is 0 Å². The molecular weight excluding hydrogens is 328 g/mol. The van der Waals surface area contributed by atoms with Crippen LogP contribution in [0.3, 0.4) is 0 Å². The molecule has 2 atom stereocenters. The van der Waals surface area contributed by atoms with Gasteiger partial charge in [-0.2, -0.15) is 5.10 Å². The van der Waals surface area contributed by atoms with Crippen molar-refractivity contribution in [3.63, 3.8) is 0 Å². The molecule has 26 heavy (non-hydrogen) atoms. The molecule has 0 aliphatic carbocycles. The van der Waals surface area contributed by atoms with Gasteiger partial charge in [-0.1, -0.05) is 18.2 Å². The van der Waals surface area contributed by atoms with E-state index in [-0.39, 0.29) is 6.10 Å². The molecule has 0 bridgehead atoms. The van der Waals surface area contributed by atoms with Gasteiger partial charge >= 0.3 is 0 Å². The standard InChI is InChI=1S/C19H24N6O/c1-24-10-9-21-19(24)18-15(6-5-11-26-18)12-20-13-17-22-14-23-25(17)16-7-3-2-4-8-16/h2-4,7-10,14-15,18,20H,5-6,11-13H2,1H3/t15-,18+/m0/s1. The van der Waals surface area contributed by atoms with Gasteiger partial charge in [-0.25, -0.2) is 14.6 Å². The van der Waals surface area contributed by atoms with E-state index in [0.717, 1.165) is 43.3 Å². The monoisotopic (exact) mass is 352 g/mol. The number of nitrogens with one attached hydrogen (secondary N) is 1. The maximum atomic E-state index is 6.04. The molecule has 1 aromatic carbocycles. The normalized spacial score (nSPS) is 20.3. The number of aromatic nitrogens is 5. The first-order valence-corrected chi connectivity index (χ1v) is 9.07. The van der Waals surface area contributed by atoms with Gasteiger partial charge in [-0.05, 0) is 25.0 Å². The summed E-state index contributed by atoms with van der Waals surface area (Å²) in [5.41, 5.74) is 1.02. The quantitative estimate of drug-likeness (QED) is 0.737. The van der Waals surface area contributed by atoms with Gasteiger partial charge in [-0.3, -0.25) is 0 Å². The van der Waals surface area contributed by atoms with Gasteiger partial charge in [0.15, 0.2) is 0 Å². The maximum absolute atomic E-state index is 6.04. The largest absolute Gasteiger partial charge is 0.370 e. The summed E-state index contributed by atoms with van der Waals surface area (Å²) in [5.74, 6) is 2.31. The molecule has 1 aliphatic rings. The molecule has 0 unspecified atom stereocenters. The van der Waals surface area contributed by atoms with Crippen molar-refractivity contribution in [2.45, 2.75) is 25.5 Å². The summed E-state index contributed by atoms with van der Waals surface area (Å²) in [5, 5.41) is 7.89. The molecule has 7 heteroatoms. The topological polar surface area (TPSA) is 69.8 Å². The van der Waals surface area contributed by atoms with Crippen LogP contribution in [0.2, 0.25) is 0 Å². The molecule has 136 valence electrons. The molecule has 1 aliphatic heterocycles. The third-order valence-electron chi connectivity index (χ3n) is 4.87. The lowest BCUT2D eigenvalue weighted by Gasteiger charge is -2.31. The Morgan fingerprint density at radius 3 is 2.92 bits per heavy atom. The van der Waals surface area contributed by atoms with Crippen molar-refractivity contribution in [3.05, 3.63) is 60.7 Å². The molecule has 3 aromatic rings. The first-order chi connectivity index (χ1) is 12.8. The van der Waals surface area contributed by atoms with Crippen molar-refractivity contribution in [2.75, 3.05) is 13.2 Å². The minimum absolute atomic E-state index is 0.0447. The van der Waals surface area contributed by atoms with E-state index in [0.29, 0.717) is 12.5 Å². The van der Waals surface area contributed by atoms with E-state index in [1.807, 2.05) is 54.5 Å². The smallest absolute Gasteiger partial charge is 0.146 e. The lowest BCUT2D eigenvalue weighted by Crippen LogP contribution is -2.33. The van der Waals surface area contributed by atoms with Gasteiger partial charge in [0.25, 0.3) is 0 Å². The van der Waals surface area contributed by atoms with Crippen molar-refractivity contribution in [2.24, 2.45) is 13.0 Å². The highest BCUT2D eigenvalue weighted by Gasteiger charge is 2.30. The van der Waals surface area contributed by atoms with Gasteiger partial charge in [0.05, 0.1) is 12.2 Å². The number of aryl methyl sites for hydroxylation is 1. The summed E-state index contributed by atoms with van der Waals surface area (Å²) in [6, 6.07) is 10.1. The van der Waals surface area contributed by atoms with E-state index in [4.69, 9.17) is 4.74 Å². The lowest BCUT2D eigenvalue weighted by molar-refractivity contribution is -0.0344. The fourth-order valence-corrected chi connectivity index (χ4v) is 3.53. The van der Waals surface area contributed by atoms with Crippen LogP contribution in [-0.4, -0.2) is 37.5 Å². The summed E-state index contributed by atoms with van der Waals surface area (Å²) in [4.78, 5) is 8.89. The molecular formula is C19H24N6O. The number of hydrogen-bond donors (Lipinski definition) is 1. The lowest BCUT2D eigenvalue weighted by atomic mass is 9.93. The Bertz CT molecular complexity index is 827. The molecule has 1 fully saturated rings. The van der Waals surface area contributed by atoms with Crippen LogP contribution in [0.1, 0.15) is 30.6 Å². The highest BCUT2D eigenvalue weighted by atomic mass is 16.5. The summed E-state index contributed by atoms with van der Waals surface area (Å²) in [6.45, 7) is 2.33. The van der Waals surface area contributed by atoms with Crippen LogP contribution in [-0.2, 0) is 18.3 Å². The zero-order valence-electron chi connectivity index (χ0n) is 15.0. The summed E-state index contributed by atoms with van der Waals surface area (Å²) >= 11 is 0. The van der Waals surface area contributed by atoms with Gasteiger partial charge in [-0.15, -0.1) is 0 Å². The average molecular weight is 352 g/mol. The molecule has 0 radical (unpaired) electrons. The highest BCUT2D eigenvalue weighted by molar-refractivity contribution is 5.30. The van der Waals surface area contributed by atoms with Crippen LogP contribution in [0.4, 0.5) is 0 Å². The third kappa shape index (κ3) is 3.54. The molecule has 1 saturated heterocycles. The van der Waals surface area contributed by atoms with Crippen LogP contribution in [0.25, 0.3) is 5.69 Å². The summed E-state index contributed by atoms with van der Waals surface area (Å²) in [6.07, 6.45) is 7.68. The molecule has 1 N–H and O–H groups in total. The Kier molecular flexibility index (Phi) is 5.08. The second kappa shape index (κ2) is 7.80. The first-order valence-electron chi connectivity index (χ1n) is 9.07.